The number of halogens is 1. The number of carbonyl (C=O) groups excluding carboxylic acids is 2. The molecule has 0 bridgehead atoms. The molecule has 1 aromatic rings. The molecule has 3 rings (SSSR count). The smallest absolute Gasteiger partial charge is 0.195 e. The van der Waals surface area contributed by atoms with Gasteiger partial charge in [0.2, 0.25) is 0 Å². The van der Waals surface area contributed by atoms with Crippen LogP contribution in [0.15, 0.2) is 46.0 Å². The standard InChI is InChI=1S/C15H11BrO2/c1-8-6-11-13(12(16)7-8)15(18)10-5-3-2-4-9(10)14(11)17/h2-5,7-8H,6H2,1H3. The van der Waals surface area contributed by atoms with E-state index in [0.29, 0.717) is 28.7 Å². The van der Waals surface area contributed by atoms with Crippen LogP contribution in [0.25, 0.3) is 0 Å². The molecule has 0 spiro atoms. The van der Waals surface area contributed by atoms with Crippen molar-refractivity contribution in [1.82, 2.24) is 0 Å². The van der Waals surface area contributed by atoms with Gasteiger partial charge in [-0.25, -0.2) is 0 Å². The molecular formula is C15H11BrO2. The number of ketones is 2. The Balaban J connectivity index is 2.25. The van der Waals surface area contributed by atoms with Gasteiger partial charge in [-0.05, 0) is 12.3 Å². The molecule has 0 radical (unpaired) electrons. The summed E-state index contributed by atoms with van der Waals surface area (Å²) in [5, 5.41) is 0. The van der Waals surface area contributed by atoms with Crippen molar-refractivity contribution in [2.24, 2.45) is 5.92 Å². The van der Waals surface area contributed by atoms with E-state index in [2.05, 4.69) is 15.9 Å². The van der Waals surface area contributed by atoms with Crippen molar-refractivity contribution < 1.29 is 9.59 Å². The molecular weight excluding hydrogens is 292 g/mol. The number of carbonyl (C=O) groups is 2. The van der Waals surface area contributed by atoms with Crippen molar-refractivity contribution in [3.63, 3.8) is 0 Å². The number of hydrogen-bond donors (Lipinski definition) is 0. The minimum absolute atomic E-state index is 0.00269. The summed E-state index contributed by atoms with van der Waals surface area (Å²) in [6, 6.07) is 7.04. The minimum Gasteiger partial charge on any atom is -0.289 e. The molecule has 0 aliphatic heterocycles. The summed E-state index contributed by atoms with van der Waals surface area (Å²) in [5.74, 6) is 0.229. The van der Waals surface area contributed by atoms with Crippen LogP contribution in [0, 0.1) is 5.92 Å². The lowest BCUT2D eigenvalue weighted by Crippen LogP contribution is -2.25. The summed E-state index contributed by atoms with van der Waals surface area (Å²) in [6.45, 7) is 2.04. The van der Waals surface area contributed by atoms with Crippen LogP contribution in [-0.4, -0.2) is 11.6 Å². The van der Waals surface area contributed by atoms with E-state index in [-0.39, 0.29) is 17.5 Å². The highest BCUT2D eigenvalue weighted by atomic mass is 79.9. The first-order chi connectivity index (χ1) is 8.59. The van der Waals surface area contributed by atoms with Crippen molar-refractivity contribution in [3.8, 4) is 0 Å². The molecule has 0 amide bonds. The molecule has 0 saturated carbocycles. The zero-order chi connectivity index (χ0) is 12.9. The Morgan fingerprint density at radius 2 is 1.72 bits per heavy atom. The lowest BCUT2D eigenvalue weighted by Gasteiger charge is -2.26. The Hall–Kier alpha value is -1.48. The van der Waals surface area contributed by atoms with Gasteiger partial charge in [0.15, 0.2) is 11.6 Å². The van der Waals surface area contributed by atoms with Gasteiger partial charge in [-0.2, -0.15) is 0 Å². The maximum Gasteiger partial charge on any atom is 0.195 e. The number of Topliss-reactive ketones (excluding diaryl/α,β-unsaturated/α-hetero) is 2. The van der Waals surface area contributed by atoms with Crippen LogP contribution < -0.4 is 0 Å². The van der Waals surface area contributed by atoms with Crippen LogP contribution in [0.1, 0.15) is 34.1 Å². The molecule has 2 nitrogen and oxygen atoms in total. The summed E-state index contributed by atoms with van der Waals surface area (Å²) in [5.41, 5.74) is 2.26. The lowest BCUT2D eigenvalue weighted by atomic mass is 9.78. The SMILES string of the molecule is CC1C=C(Br)C2=C(C1)C(=O)c1ccccc1C2=O. The summed E-state index contributed by atoms with van der Waals surface area (Å²) < 4.78 is 0.754. The van der Waals surface area contributed by atoms with Crippen molar-refractivity contribution in [3.05, 3.63) is 57.1 Å². The highest BCUT2D eigenvalue weighted by molar-refractivity contribution is 9.12. The van der Waals surface area contributed by atoms with Gasteiger partial charge in [0.25, 0.3) is 0 Å². The molecule has 0 saturated heterocycles. The average molecular weight is 303 g/mol. The van der Waals surface area contributed by atoms with Gasteiger partial charge >= 0.3 is 0 Å². The van der Waals surface area contributed by atoms with Gasteiger partial charge in [0, 0.05) is 26.8 Å². The molecule has 2 aliphatic rings. The number of hydrogen-bond acceptors (Lipinski definition) is 2. The van der Waals surface area contributed by atoms with Crippen LogP contribution in [0.4, 0.5) is 0 Å². The first kappa shape index (κ1) is 11.6. The lowest BCUT2D eigenvalue weighted by molar-refractivity contribution is 0.0972. The Morgan fingerprint density at radius 1 is 1.11 bits per heavy atom. The second kappa shape index (κ2) is 4.02. The first-order valence-corrected chi connectivity index (χ1v) is 6.68. The van der Waals surface area contributed by atoms with E-state index in [1.165, 1.54) is 0 Å². The van der Waals surface area contributed by atoms with E-state index in [1.54, 1.807) is 24.3 Å². The molecule has 0 aromatic heterocycles. The van der Waals surface area contributed by atoms with E-state index in [4.69, 9.17) is 0 Å². The van der Waals surface area contributed by atoms with Crippen LogP contribution >= 0.6 is 15.9 Å². The van der Waals surface area contributed by atoms with Gasteiger partial charge in [0.1, 0.15) is 0 Å². The normalized spacial score (nSPS) is 22.6. The van der Waals surface area contributed by atoms with E-state index < -0.39 is 0 Å². The van der Waals surface area contributed by atoms with Crippen LogP contribution in [-0.2, 0) is 0 Å². The van der Waals surface area contributed by atoms with Gasteiger partial charge in [-0.15, -0.1) is 0 Å². The number of allylic oxidation sites excluding steroid dienone is 4. The fourth-order valence-corrected chi connectivity index (χ4v) is 3.46. The highest BCUT2D eigenvalue weighted by Crippen LogP contribution is 2.39. The fraction of sp³-hybridized carbons (Fsp3) is 0.200. The van der Waals surface area contributed by atoms with Crippen LogP contribution in [0.2, 0.25) is 0 Å². The summed E-state index contributed by atoms with van der Waals surface area (Å²) in [4.78, 5) is 24.9. The topological polar surface area (TPSA) is 34.1 Å². The zero-order valence-electron chi connectivity index (χ0n) is 9.87. The van der Waals surface area contributed by atoms with Gasteiger partial charge < -0.3 is 0 Å². The predicted molar refractivity (Wildman–Crippen MR) is 72.9 cm³/mol. The fourth-order valence-electron chi connectivity index (χ4n) is 2.59. The Kier molecular flexibility index (Phi) is 2.59. The Bertz CT molecular complexity index is 638. The molecule has 90 valence electrons. The highest BCUT2D eigenvalue weighted by Gasteiger charge is 2.35. The van der Waals surface area contributed by atoms with Gasteiger partial charge in [0.05, 0.1) is 0 Å². The Labute approximate surface area is 114 Å². The average Bonchev–Trinajstić information content (AvgIpc) is 2.35. The maximum atomic E-state index is 12.4. The number of benzene rings is 1. The quantitative estimate of drug-likeness (QED) is 0.732. The third-order valence-corrected chi connectivity index (χ3v) is 4.08. The third-order valence-electron chi connectivity index (χ3n) is 3.42. The van der Waals surface area contributed by atoms with Gasteiger partial charge in [-0.1, -0.05) is 53.2 Å². The largest absolute Gasteiger partial charge is 0.289 e. The molecule has 0 N–H and O–H groups in total. The van der Waals surface area contributed by atoms with Gasteiger partial charge in [-0.3, -0.25) is 9.59 Å². The molecule has 0 heterocycles. The van der Waals surface area contributed by atoms with E-state index in [1.807, 2.05) is 13.0 Å². The second-order valence-corrected chi connectivity index (χ2v) is 5.61. The van der Waals surface area contributed by atoms with E-state index >= 15 is 0 Å². The second-order valence-electron chi connectivity index (χ2n) is 4.75. The molecule has 18 heavy (non-hydrogen) atoms. The number of fused-ring (bicyclic) bond motifs is 1. The maximum absolute atomic E-state index is 12.4. The Morgan fingerprint density at radius 3 is 2.39 bits per heavy atom. The summed E-state index contributed by atoms with van der Waals surface area (Å²) >= 11 is 3.42. The molecule has 2 aliphatic carbocycles. The van der Waals surface area contributed by atoms with Crippen molar-refractivity contribution in [2.45, 2.75) is 13.3 Å². The summed E-state index contributed by atoms with van der Waals surface area (Å²) in [7, 11) is 0. The van der Waals surface area contributed by atoms with Crippen molar-refractivity contribution >= 4 is 27.5 Å². The molecule has 0 fully saturated rings. The molecule has 1 aromatic carbocycles. The number of rotatable bonds is 0. The summed E-state index contributed by atoms with van der Waals surface area (Å²) in [6.07, 6.45) is 2.64. The van der Waals surface area contributed by atoms with E-state index in [0.717, 1.165) is 4.48 Å². The van der Waals surface area contributed by atoms with Crippen molar-refractivity contribution in [2.75, 3.05) is 0 Å². The first-order valence-electron chi connectivity index (χ1n) is 5.89. The van der Waals surface area contributed by atoms with Crippen LogP contribution in [0.3, 0.4) is 0 Å². The van der Waals surface area contributed by atoms with Crippen LogP contribution in [0.5, 0.6) is 0 Å². The minimum atomic E-state index is -0.0461. The molecule has 3 heteroatoms. The molecule has 1 unspecified atom stereocenters. The zero-order valence-corrected chi connectivity index (χ0v) is 11.5. The predicted octanol–water partition coefficient (Wildman–Crippen LogP) is 3.68. The third kappa shape index (κ3) is 1.54. The molecule has 1 atom stereocenters. The monoisotopic (exact) mass is 302 g/mol. The van der Waals surface area contributed by atoms with Crippen molar-refractivity contribution in [1.29, 1.82) is 0 Å². The van der Waals surface area contributed by atoms with E-state index in [9.17, 15) is 9.59 Å².